The van der Waals surface area contributed by atoms with Crippen LogP contribution in [0.15, 0.2) is 18.2 Å². The molecule has 2 aliphatic rings. The fraction of sp³-hybridized carbons (Fsp3) is 0.579. The lowest BCUT2D eigenvalue weighted by atomic mass is 10.0. The zero-order chi connectivity index (χ0) is 17.3. The van der Waals surface area contributed by atoms with Gasteiger partial charge in [-0.05, 0) is 56.5 Å². The molecule has 3 rings (SSSR count). The number of aryl methyl sites for hydroxylation is 2. The monoisotopic (exact) mass is 329 g/mol. The Morgan fingerprint density at radius 3 is 2.12 bits per heavy atom. The van der Waals surface area contributed by atoms with Crippen LogP contribution in [0.3, 0.4) is 0 Å². The SMILES string of the molecule is CCN1CCN(C(=O)C2(C(=O)Nc3cc(C)cc(C)c3)CC2)CC1. The number of hydrogen-bond donors (Lipinski definition) is 1. The largest absolute Gasteiger partial charge is 0.339 e. The molecule has 1 aliphatic heterocycles. The van der Waals surface area contributed by atoms with Crippen molar-refractivity contribution in [2.24, 2.45) is 5.41 Å². The minimum atomic E-state index is -0.827. The van der Waals surface area contributed by atoms with E-state index in [1.165, 1.54) is 0 Å². The predicted molar refractivity (Wildman–Crippen MR) is 94.9 cm³/mol. The molecule has 5 nitrogen and oxygen atoms in total. The minimum absolute atomic E-state index is 0.0140. The van der Waals surface area contributed by atoms with Gasteiger partial charge in [-0.1, -0.05) is 13.0 Å². The second-order valence-corrected chi connectivity index (χ2v) is 7.14. The Balaban J connectivity index is 1.66. The molecule has 5 heteroatoms. The molecule has 1 aliphatic carbocycles. The van der Waals surface area contributed by atoms with E-state index in [-0.39, 0.29) is 11.8 Å². The first-order valence-electron chi connectivity index (χ1n) is 8.86. The van der Waals surface area contributed by atoms with Crippen LogP contribution >= 0.6 is 0 Å². The van der Waals surface area contributed by atoms with Gasteiger partial charge in [-0.3, -0.25) is 9.59 Å². The highest BCUT2D eigenvalue weighted by atomic mass is 16.2. The van der Waals surface area contributed by atoms with Crippen LogP contribution in [0.4, 0.5) is 5.69 Å². The molecule has 2 fully saturated rings. The molecule has 1 heterocycles. The number of hydrogen-bond acceptors (Lipinski definition) is 3. The third-order valence-corrected chi connectivity index (χ3v) is 5.18. The van der Waals surface area contributed by atoms with Crippen LogP contribution in [0.2, 0.25) is 0 Å². The molecule has 0 radical (unpaired) electrons. The van der Waals surface area contributed by atoms with Gasteiger partial charge in [-0.2, -0.15) is 0 Å². The summed E-state index contributed by atoms with van der Waals surface area (Å²) in [7, 11) is 0. The maximum Gasteiger partial charge on any atom is 0.240 e. The van der Waals surface area contributed by atoms with Crippen LogP contribution < -0.4 is 5.32 Å². The van der Waals surface area contributed by atoms with E-state index in [1.807, 2.05) is 30.9 Å². The Hall–Kier alpha value is -1.88. The summed E-state index contributed by atoms with van der Waals surface area (Å²) in [5.41, 5.74) is 2.17. The first-order chi connectivity index (χ1) is 11.4. The molecule has 2 amide bonds. The van der Waals surface area contributed by atoms with E-state index in [4.69, 9.17) is 0 Å². The quantitative estimate of drug-likeness (QED) is 0.862. The van der Waals surface area contributed by atoms with E-state index < -0.39 is 5.41 Å². The van der Waals surface area contributed by atoms with Crippen molar-refractivity contribution in [3.63, 3.8) is 0 Å². The van der Waals surface area contributed by atoms with E-state index in [1.54, 1.807) is 0 Å². The summed E-state index contributed by atoms with van der Waals surface area (Å²) in [6.07, 6.45) is 1.33. The summed E-state index contributed by atoms with van der Waals surface area (Å²) < 4.78 is 0. The predicted octanol–water partition coefficient (Wildman–Crippen LogP) is 2.19. The smallest absolute Gasteiger partial charge is 0.240 e. The second kappa shape index (κ2) is 6.55. The Kier molecular flexibility index (Phi) is 4.63. The Bertz CT molecular complexity index is 624. The topological polar surface area (TPSA) is 52.7 Å². The Morgan fingerprint density at radius 2 is 1.62 bits per heavy atom. The number of nitrogens with one attached hydrogen (secondary N) is 1. The number of carbonyl (C=O) groups excluding carboxylic acids is 2. The Morgan fingerprint density at radius 1 is 1.04 bits per heavy atom. The summed E-state index contributed by atoms with van der Waals surface area (Å²) in [6.45, 7) is 10.4. The molecule has 0 bridgehead atoms. The number of anilines is 1. The van der Waals surface area contributed by atoms with Gasteiger partial charge in [-0.25, -0.2) is 0 Å². The minimum Gasteiger partial charge on any atom is -0.339 e. The maximum absolute atomic E-state index is 12.9. The molecule has 0 aromatic heterocycles. The van der Waals surface area contributed by atoms with Crippen LogP contribution in [0.5, 0.6) is 0 Å². The maximum atomic E-state index is 12.9. The van der Waals surface area contributed by atoms with Crippen LogP contribution in [-0.4, -0.2) is 54.3 Å². The number of benzene rings is 1. The van der Waals surface area contributed by atoms with Crippen molar-refractivity contribution < 1.29 is 9.59 Å². The fourth-order valence-electron chi connectivity index (χ4n) is 3.53. The number of nitrogens with zero attached hydrogens (tertiary/aromatic N) is 2. The molecule has 1 saturated carbocycles. The lowest BCUT2D eigenvalue weighted by Crippen LogP contribution is -2.52. The average Bonchev–Trinajstić information content (AvgIpc) is 3.35. The van der Waals surface area contributed by atoms with Gasteiger partial charge in [0.2, 0.25) is 11.8 Å². The van der Waals surface area contributed by atoms with Gasteiger partial charge in [0, 0.05) is 31.9 Å². The third kappa shape index (κ3) is 3.31. The lowest BCUT2D eigenvalue weighted by molar-refractivity contribution is -0.143. The molecule has 1 aromatic rings. The molecule has 1 N–H and O–H groups in total. The highest BCUT2D eigenvalue weighted by Crippen LogP contribution is 2.48. The zero-order valence-corrected chi connectivity index (χ0v) is 14.9. The first-order valence-corrected chi connectivity index (χ1v) is 8.86. The van der Waals surface area contributed by atoms with Crippen molar-refractivity contribution in [2.45, 2.75) is 33.6 Å². The third-order valence-electron chi connectivity index (χ3n) is 5.18. The summed E-state index contributed by atoms with van der Waals surface area (Å²) in [5.74, 6) is -0.129. The average molecular weight is 329 g/mol. The van der Waals surface area contributed by atoms with E-state index in [0.717, 1.165) is 49.5 Å². The lowest BCUT2D eigenvalue weighted by Gasteiger charge is -2.35. The molecule has 0 unspecified atom stereocenters. The van der Waals surface area contributed by atoms with E-state index in [2.05, 4.69) is 23.2 Å². The molecule has 0 spiro atoms. The van der Waals surface area contributed by atoms with Gasteiger partial charge < -0.3 is 15.1 Å². The van der Waals surface area contributed by atoms with Crippen LogP contribution in [0.1, 0.15) is 30.9 Å². The summed E-state index contributed by atoms with van der Waals surface area (Å²) in [5, 5.41) is 2.97. The standard InChI is InChI=1S/C19H27N3O2/c1-4-21-7-9-22(10-8-21)18(24)19(5-6-19)17(23)20-16-12-14(2)11-15(3)13-16/h11-13H,4-10H2,1-3H3,(H,20,23). The van der Waals surface area contributed by atoms with Crippen molar-refractivity contribution in [1.29, 1.82) is 0 Å². The molecular weight excluding hydrogens is 302 g/mol. The van der Waals surface area contributed by atoms with Gasteiger partial charge >= 0.3 is 0 Å². The first kappa shape index (κ1) is 17.0. The molecule has 0 atom stereocenters. The van der Waals surface area contributed by atoms with Gasteiger partial charge in [0.15, 0.2) is 0 Å². The second-order valence-electron chi connectivity index (χ2n) is 7.14. The Labute approximate surface area is 144 Å². The molecule has 130 valence electrons. The van der Waals surface area contributed by atoms with Crippen LogP contribution in [-0.2, 0) is 9.59 Å². The van der Waals surface area contributed by atoms with E-state index in [9.17, 15) is 9.59 Å². The fourth-order valence-corrected chi connectivity index (χ4v) is 3.53. The van der Waals surface area contributed by atoms with Gasteiger partial charge in [-0.15, -0.1) is 0 Å². The van der Waals surface area contributed by atoms with Crippen molar-refractivity contribution in [3.05, 3.63) is 29.3 Å². The van der Waals surface area contributed by atoms with E-state index >= 15 is 0 Å². The molecule has 1 aromatic carbocycles. The summed E-state index contributed by atoms with van der Waals surface area (Å²) in [6, 6.07) is 5.97. The number of amides is 2. The van der Waals surface area contributed by atoms with Gasteiger partial charge in [0.1, 0.15) is 5.41 Å². The van der Waals surface area contributed by atoms with Crippen molar-refractivity contribution >= 4 is 17.5 Å². The molecule has 1 saturated heterocycles. The van der Waals surface area contributed by atoms with Gasteiger partial charge in [0.25, 0.3) is 0 Å². The number of piperazine rings is 1. The summed E-state index contributed by atoms with van der Waals surface area (Å²) >= 11 is 0. The normalized spacial score (nSPS) is 19.9. The van der Waals surface area contributed by atoms with E-state index in [0.29, 0.717) is 12.8 Å². The zero-order valence-electron chi connectivity index (χ0n) is 14.9. The van der Waals surface area contributed by atoms with Crippen LogP contribution in [0.25, 0.3) is 0 Å². The van der Waals surface area contributed by atoms with Crippen molar-refractivity contribution in [1.82, 2.24) is 9.80 Å². The van der Waals surface area contributed by atoms with Crippen LogP contribution in [0, 0.1) is 19.3 Å². The number of carbonyl (C=O) groups is 2. The molecular formula is C19H27N3O2. The summed E-state index contributed by atoms with van der Waals surface area (Å²) in [4.78, 5) is 29.9. The van der Waals surface area contributed by atoms with Crippen molar-refractivity contribution in [2.75, 3.05) is 38.0 Å². The highest BCUT2D eigenvalue weighted by molar-refractivity contribution is 6.13. The molecule has 24 heavy (non-hydrogen) atoms. The van der Waals surface area contributed by atoms with Gasteiger partial charge in [0.05, 0.1) is 0 Å². The number of rotatable bonds is 4. The number of likely N-dealkylation sites (N-methyl/N-ethyl adjacent to an activating group) is 1. The highest BCUT2D eigenvalue weighted by Gasteiger charge is 2.58. The van der Waals surface area contributed by atoms with Crippen molar-refractivity contribution in [3.8, 4) is 0 Å².